The molecule has 26 heavy (non-hydrogen) atoms. The molecule has 1 unspecified atom stereocenters. The van der Waals surface area contributed by atoms with E-state index >= 15 is 0 Å². The molecule has 0 radical (unpaired) electrons. The fourth-order valence-electron chi connectivity index (χ4n) is 3.59. The minimum Gasteiger partial charge on any atom is -0.337 e. The van der Waals surface area contributed by atoms with Crippen LogP contribution < -0.4 is 0 Å². The van der Waals surface area contributed by atoms with E-state index in [4.69, 9.17) is 5.10 Å². The van der Waals surface area contributed by atoms with Crippen molar-refractivity contribution in [3.63, 3.8) is 0 Å². The van der Waals surface area contributed by atoms with E-state index < -0.39 is 0 Å². The van der Waals surface area contributed by atoms with Gasteiger partial charge in [0.1, 0.15) is 5.82 Å². The number of carbonyl (C=O) groups excluding carboxylic acids is 1. The number of amides is 1. The largest absolute Gasteiger partial charge is 0.337 e. The summed E-state index contributed by atoms with van der Waals surface area (Å²) >= 11 is 0. The number of fused-ring (bicyclic) bond motifs is 1. The van der Waals surface area contributed by atoms with E-state index in [0.717, 1.165) is 35.9 Å². The fraction of sp³-hybridized carbons (Fsp3) is 0.238. The van der Waals surface area contributed by atoms with Crippen LogP contribution in [0.2, 0.25) is 0 Å². The second-order valence-electron chi connectivity index (χ2n) is 6.65. The standard InChI is InChI=1S/C21H20FN3O/c1-2-21(26)24-11-5-6-17(14-24)25-13-16-10-9-15(12-20(16)23-25)18-7-3-4-8-19(18)22/h2-4,7-10,12-13,17H,1,5-6,11,14H2. The van der Waals surface area contributed by atoms with Crippen LogP contribution in [-0.2, 0) is 4.79 Å². The van der Waals surface area contributed by atoms with Crippen molar-refractivity contribution in [2.45, 2.75) is 18.9 Å². The van der Waals surface area contributed by atoms with Crippen LogP contribution in [-0.4, -0.2) is 33.7 Å². The molecule has 0 bridgehead atoms. The first-order valence-electron chi connectivity index (χ1n) is 8.81. The van der Waals surface area contributed by atoms with Gasteiger partial charge in [-0.3, -0.25) is 9.48 Å². The average Bonchev–Trinajstić information content (AvgIpc) is 3.11. The van der Waals surface area contributed by atoms with Crippen LogP contribution in [0.3, 0.4) is 0 Å². The van der Waals surface area contributed by atoms with Gasteiger partial charge in [-0.2, -0.15) is 5.10 Å². The Kier molecular flexibility index (Phi) is 4.29. The molecule has 1 amide bonds. The lowest BCUT2D eigenvalue weighted by Crippen LogP contribution is -2.39. The highest BCUT2D eigenvalue weighted by Gasteiger charge is 2.24. The normalized spacial score (nSPS) is 17.4. The van der Waals surface area contributed by atoms with Gasteiger partial charge in [-0.15, -0.1) is 0 Å². The van der Waals surface area contributed by atoms with E-state index in [-0.39, 0.29) is 17.8 Å². The van der Waals surface area contributed by atoms with Crippen molar-refractivity contribution < 1.29 is 9.18 Å². The van der Waals surface area contributed by atoms with E-state index in [9.17, 15) is 9.18 Å². The van der Waals surface area contributed by atoms with Gasteiger partial charge >= 0.3 is 0 Å². The van der Waals surface area contributed by atoms with Gasteiger partial charge in [0, 0.05) is 30.2 Å². The molecule has 0 saturated carbocycles. The predicted octanol–water partition coefficient (Wildman–Crippen LogP) is 4.19. The molecule has 2 aromatic carbocycles. The lowest BCUT2D eigenvalue weighted by atomic mass is 10.0. The number of aromatic nitrogens is 2. The summed E-state index contributed by atoms with van der Waals surface area (Å²) in [6.07, 6.45) is 5.30. The maximum absolute atomic E-state index is 14.1. The number of carbonyl (C=O) groups is 1. The third kappa shape index (κ3) is 3.01. The van der Waals surface area contributed by atoms with Crippen LogP contribution in [0.25, 0.3) is 22.0 Å². The molecule has 0 aliphatic carbocycles. The highest BCUT2D eigenvalue weighted by atomic mass is 19.1. The highest BCUT2D eigenvalue weighted by Crippen LogP contribution is 2.28. The molecule has 4 nitrogen and oxygen atoms in total. The summed E-state index contributed by atoms with van der Waals surface area (Å²) in [4.78, 5) is 13.7. The number of hydrogen-bond acceptors (Lipinski definition) is 2. The summed E-state index contributed by atoms with van der Waals surface area (Å²) in [6, 6.07) is 12.7. The number of halogens is 1. The number of likely N-dealkylation sites (tertiary alicyclic amines) is 1. The Bertz CT molecular complexity index is 978. The molecule has 1 aliphatic rings. The summed E-state index contributed by atoms with van der Waals surface area (Å²) in [5.74, 6) is -0.273. The van der Waals surface area contributed by atoms with Crippen LogP contribution in [0.15, 0.2) is 61.3 Å². The van der Waals surface area contributed by atoms with Crippen molar-refractivity contribution in [3.8, 4) is 11.1 Å². The summed E-state index contributed by atoms with van der Waals surface area (Å²) in [6.45, 7) is 4.97. The third-order valence-electron chi connectivity index (χ3n) is 4.97. The molecule has 0 N–H and O–H groups in total. The Morgan fingerprint density at radius 3 is 2.92 bits per heavy atom. The number of hydrogen-bond donors (Lipinski definition) is 0. The van der Waals surface area contributed by atoms with Crippen LogP contribution in [0.5, 0.6) is 0 Å². The molecule has 1 aromatic heterocycles. The van der Waals surface area contributed by atoms with Crippen molar-refractivity contribution in [3.05, 3.63) is 67.1 Å². The summed E-state index contributed by atoms with van der Waals surface area (Å²) in [5, 5.41) is 5.71. The van der Waals surface area contributed by atoms with Crippen molar-refractivity contribution in [1.29, 1.82) is 0 Å². The lowest BCUT2D eigenvalue weighted by molar-refractivity contribution is -0.127. The van der Waals surface area contributed by atoms with Gasteiger partial charge in [0.25, 0.3) is 0 Å². The molecule has 1 atom stereocenters. The molecular weight excluding hydrogens is 329 g/mol. The van der Waals surface area contributed by atoms with Gasteiger partial charge in [0.05, 0.1) is 11.6 Å². The van der Waals surface area contributed by atoms with Gasteiger partial charge in [-0.1, -0.05) is 36.9 Å². The van der Waals surface area contributed by atoms with Gasteiger partial charge in [0.15, 0.2) is 0 Å². The number of piperidine rings is 1. The molecule has 1 saturated heterocycles. The van der Waals surface area contributed by atoms with Gasteiger partial charge in [-0.25, -0.2) is 4.39 Å². The maximum Gasteiger partial charge on any atom is 0.246 e. The molecule has 3 aromatic rings. The molecule has 2 heterocycles. The highest BCUT2D eigenvalue weighted by molar-refractivity contribution is 5.87. The van der Waals surface area contributed by atoms with Crippen LogP contribution in [0.4, 0.5) is 4.39 Å². The smallest absolute Gasteiger partial charge is 0.246 e. The zero-order valence-electron chi connectivity index (χ0n) is 14.4. The third-order valence-corrected chi connectivity index (χ3v) is 4.97. The minimum absolute atomic E-state index is 0.0340. The van der Waals surface area contributed by atoms with E-state index in [1.807, 2.05) is 40.0 Å². The topological polar surface area (TPSA) is 38.1 Å². The van der Waals surface area contributed by atoms with Crippen molar-refractivity contribution >= 4 is 16.8 Å². The second-order valence-corrected chi connectivity index (χ2v) is 6.65. The van der Waals surface area contributed by atoms with Gasteiger partial charge in [-0.05, 0) is 36.6 Å². The van der Waals surface area contributed by atoms with E-state index in [1.165, 1.54) is 12.1 Å². The van der Waals surface area contributed by atoms with Crippen LogP contribution >= 0.6 is 0 Å². The zero-order valence-corrected chi connectivity index (χ0v) is 14.4. The summed E-state index contributed by atoms with van der Waals surface area (Å²) in [5.41, 5.74) is 2.22. The number of benzene rings is 2. The Hall–Kier alpha value is -2.95. The first kappa shape index (κ1) is 16.5. The molecule has 5 heteroatoms. The van der Waals surface area contributed by atoms with Crippen molar-refractivity contribution in [2.24, 2.45) is 0 Å². The van der Waals surface area contributed by atoms with E-state index in [2.05, 4.69) is 6.58 Å². The molecule has 1 aliphatic heterocycles. The second kappa shape index (κ2) is 6.75. The average molecular weight is 349 g/mol. The lowest BCUT2D eigenvalue weighted by Gasteiger charge is -2.32. The van der Waals surface area contributed by atoms with Crippen LogP contribution in [0, 0.1) is 5.82 Å². The molecule has 132 valence electrons. The summed E-state index contributed by atoms with van der Waals surface area (Å²) < 4.78 is 16.0. The van der Waals surface area contributed by atoms with Crippen molar-refractivity contribution in [2.75, 3.05) is 13.1 Å². The Labute approximate surface area is 151 Å². The Balaban J connectivity index is 1.65. The Morgan fingerprint density at radius 1 is 1.27 bits per heavy atom. The van der Waals surface area contributed by atoms with Gasteiger partial charge in [0.2, 0.25) is 5.91 Å². The molecule has 0 spiro atoms. The van der Waals surface area contributed by atoms with Gasteiger partial charge < -0.3 is 4.90 Å². The number of nitrogens with zero attached hydrogens (tertiary/aromatic N) is 3. The minimum atomic E-state index is -0.239. The van der Waals surface area contributed by atoms with E-state index in [1.54, 1.807) is 12.1 Å². The molecule has 4 rings (SSSR count). The van der Waals surface area contributed by atoms with Crippen LogP contribution in [0.1, 0.15) is 18.9 Å². The molecular formula is C21H20FN3O. The Morgan fingerprint density at radius 2 is 2.12 bits per heavy atom. The number of rotatable bonds is 3. The first-order valence-corrected chi connectivity index (χ1v) is 8.81. The quantitative estimate of drug-likeness (QED) is 0.665. The SMILES string of the molecule is C=CC(=O)N1CCCC(n2cc3ccc(-c4ccccc4F)cc3n2)C1. The zero-order chi connectivity index (χ0) is 18.1. The predicted molar refractivity (Wildman–Crippen MR) is 100 cm³/mol. The fourth-order valence-corrected chi connectivity index (χ4v) is 3.59. The maximum atomic E-state index is 14.1. The summed E-state index contributed by atoms with van der Waals surface area (Å²) in [7, 11) is 0. The monoisotopic (exact) mass is 349 g/mol. The first-order chi connectivity index (χ1) is 12.7. The molecule has 1 fully saturated rings. The van der Waals surface area contributed by atoms with E-state index in [0.29, 0.717) is 12.1 Å². The van der Waals surface area contributed by atoms with Crippen molar-refractivity contribution in [1.82, 2.24) is 14.7 Å².